The maximum atomic E-state index is 10.2. The first-order valence-corrected chi connectivity index (χ1v) is 11.1. The van der Waals surface area contributed by atoms with Gasteiger partial charge in [-0.05, 0) is 20.3 Å². The molecule has 1 rings (SSSR count). The molecule has 0 aliphatic carbocycles. The Bertz CT molecular complexity index is 656. The number of aromatic hydroxyl groups is 2. The van der Waals surface area contributed by atoms with E-state index in [0.29, 0.717) is 44.0 Å². The molecule has 0 aromatic heterocycles. The lowest BCUT2D eigenvalue weighted by Gasteiger charge is -2.17. The van der Waals surface area contributed by atoms with Crippen molar-refractivity contribution in [2.24, 2.45) is 0 Å². The third-order valence-corrected chi connectivity index (χ3v) is 5.09. The molecule has 0 aliphatic rings. The predicted octanol–water partition coefficient (Wildman–Crippen LogP) is 3.55. The van der Waals surface area contributed by atoms with Crippen LogP contribution >= 0.6 is 15.9 Å². The van der Waals surface area contributed by atoms with Crippen LogP contribution in [0.25, 0.3) is 0 Å². The average Bonchev–Trinajstić information content (AvgIpc) is 2.80. The molecular formula is C22H37BrO9. The highest BCUT2D eigenvalue weighted by Gasteiger charge is 2.22. The minimum Gasteiger partial charge on any atom is -0.504 e. The van der Waals surface area contributed by atoms with Crippen molar-refractivity contribution in [3.05, 3.63) is 22.8 Å². The first kappa shape index (κ1) is 30.4. The molecule has 0 saturated heterocycles. The van der Waals surface area contributed by atoms with Gasteiger partial charge < -0.3 is 43.4 Å². The first-order chi connectivity index (χ1) is 15.4. The van der Waals surface area contributed by atoms with Crippen molar-refractivity contribution < 1.29 is 43.4 Å². The second kappa shape index (κ2) is 19.0. The van der Waals surface area contributed by atoms with Crippen LogP contribution in [0.15, 0.2) is 11.6 Å². The lowest BCUT2D eigenvalue weighted by Crippen LogP contribution is -2.10. The van der Waals surface area contributed by atoms with Crippen LogP contribution in [0, 0.1) is 6.92 Å². The molecule has 0 spiro atoms. The van der Waals surface area contributed by atoms with Crippen LogP contribution in [0.2, 0.25) is 0 Å². The zero-order chi connectivity index (χ0) is 24.4. The highest BCUT2D eigenvalue weighted by Crippen LogP contribution is 2.48. The second-order valence-corrected chi connectivity index (χ2v) is 7.06. The van der Waals surface area contributed by atoms with Crippen molar-refractivity contribution in [3.8, 4) is 23.0 Å². The summed E-state index contributed by atoms with van der Waals surface area (Å²) in [5.41, 5.74) is 2.37. The van der Waals surface area contributed by atoms with Crippen molar-refractivity contribution in [3.63, 3.8) is 0 Å². The number of phenolic OH excluding ortho intramolecular Hbond substituents is 2. The highest BCUT2D eigenvalue weighted by atomic mass is 79.9. The Morgan fingerprint density at radius 2 is 1.31 bits per heavy atom. The molecule has 0 radical (unpaired) electrons. The van der Waals surface area contributed by atoms with Gasteiger partial charge in [-0.3, -0.25) is 0 Å². The predicted molar refractivity (Wildman–Crippen MR) is 125 cm³/mol. The molecule has 0 atom stereocenters. The zero-order valence-electron chi connectivity index (χ0n) is 19.9. The molecule has 1 aromatic rings. The van der Waals surface area contributed by atoms with Gasteiger partial charge in [-0.25, -0.2) is 0 Å². The van der Waals surface area contributed by atoms with Crippen LogP contribution in [0.4, 0.5) is 0 Å². The summed E-state index contributed by atoms with van der Waals surface area (Å²) in [6.45, 7) is 6.42. The Balaban J connectivity index is 0.000000649. The van der Waals surface area contributed by atoms with E-state index in [1.807, 2.05) is 13.0 Å². The van der Waals surface area contributed by atoms with Gasteiger partial charge in [-0.2, -0.15) is 0 Å². The molecule has 32 heavy (non-hydrogen) atoms. The van der Waals surface area contributed by atoms with Gasteiger partial charge in [0.15, 0.2) is 11.5 Å². The molecule has 186 valence electrons. The molecule has 0 bridgehead atoms. The standard InChI is InChI=1S/C14H19BrO4.C8H18O5/c1-8(7-15)5-6-10-9(2)11(16)13(18-3)14(19-4)12(10)17;1-9-3-5-11-7-13-8-12-6-4-10-2/h5,16-17H,6-7H2,1-4H3;3-8H2,1-2H3. The van der Waals surface area contributed by atoms with Crippen LogP contribution in [0.3, 0.4) is 0 Å². The van der Waals surface area contributed by atoms with Gasteiger partial charge >= 0.3 is 0 Å². The van der Waals surface area contributed by atoms with Crippen LogP contribution in [-0.2, 0) is 30.1 Å². The van der Waals surface area contributed by atoms with E-state index >= 15 is 0 Å². The Morgan fingerprint density at radius 1 is 0.812 bits per heavy atom. The SMILES string of the molecule is COCCOCOCOCCOC.COc1c(O)c(C)c(CC=C(C)CBr)c(O)c1OC. The summed E-state index contributed by atoms with van der Waals surface area (Å²) in [5.74, 6) is 0.318. The zero-order valence-corrected chi connectivity index (χ0v) is 21.5. The fraction of sp³-hybridized carbons (Fsp3) is 0.636. The second-order valence-electron chi connectivity index (χ2n) is 6.50. The molecule has 0 aliphatic heterocycles. The fourth-order valence-electron chi connectivity index (χ4n) is 2.36. The molecule has 1 aromatic carbocycles. The molecule has 0 heterocycles. The first-order valence-electron chi connectivity index (χ1n) is 9.97. The number of hydrogen-bond acceptors (Lipinski definition) is 9. The fourth-order valence-corrected chi connectivity index (χ4v) is 2.59. The number of rotatable bonds is 15. The molecule has 0 amide bonds. The van der Waals surface area contributed by atoms with Gasteiger partial charge in [0.2, 0.25) is 11.5 Å². The number of benzene rings is 1. The normalized spacial score (nSPS) is 11.2. The van der Waals surface area contributed by atoms with E-state index in [0.717, 1.165) is 10.9 Å². The lowest BCUT2D eigenvalue weighted by atomic mass is 10.0. The molecule has 10 heteroatoms. The summed E-state index contributed by atoms with van der Waals surface area (Å²) in [6.07, 6.45) is 2.51. The number of ether oxygens (including phenoxy) is 7. The van der Waals surface area contributed by atoms with Crippen molar-refractivity contribution in [1.82, 2.24) is 0 Å². The number of hydrogen-bond donors (Lipinski definition) is 2. The largest absolute Gasteiger partial charge is 0.504 e. The molecule has 0 fully saturated rings. The van der Waals surface area contributed by atoms with E-state index in [9.17, 15) is 10.2 Å². The topological polar surface area (TPSA) is 105 Å². The van der Waals surface area contributed by atoms with E-state index in [1.165, 1.54) is 14.2 Å². The molecule has 2 N–H and O–H groups in total. The van der Waals surface area contributed by atoms with Gasteiger partial charge in [0.25, 0.3) is 0 Å². The summed E-state index contributed by atoms with van der Waals surface area (Å²) < 4.78 is 34.7. The Kier molecular flexibility index (Phi) is 18.0. The number of alkyl halides is 1. The van der Waals surface area contributed by atoms with Crippen molar-refractivity contribution >= 4 is 15.9 Å². The van der Waals surface area contributed by atoms with Gasteiger partial charge in [0.05, 0.1) is 40.6 Å². The van der Waals surface area contributed by atoms with Crippen molar-refractivity contribution in [2.75, 3.05) is 73.8 Å². The van der Waals surface area contributed by atoms with Crippen molar-refractivity contribution in [2.45, 2.75) is 20.3 Å². The van der Waals surface area contributed by atoms with Gasteiger partial charge in [-0.1, -0.05) is 27.6 Å². The quantitative estimate of drug-likeness (QED) is 0.117. The summed E-state index contributed by atoms with van der Waals surface area (Å²) in [7, 11) is 6.09. The number of methoxy groups -OCH3 is 4. The lowest BCUT2D eigenvalue weighted by molar-refractivity contribution is -0.139. The molecule has 9 nitrogen and oxygen atoms in total. The van der Waals surface area contributed by atoms with Crippen LogP contribution < -0.4 is 9.47 Å². The smallest absolute Gasteiger partial charge is 0.207 e. The minimum atomic E-state index is -0.00274. The van der Waals surface area contributed by atoms with E-state index < -0.39 is 0 Å². The number of halogens is 1. The van der Waals surface area contributed by atoms with E-state index in [4.69, 9.17) is 33.2 Å². The van der Waals surface area contributed by atoms with E-state index in [2.05, 4.69) is 15.9 Å². The number of phenols is 2. The summed E-state index contributed by atoms with van der Waals surface area (Å²) >= 11 is 3.37. The average molecular weight is 525 g/mol. The third kappa shape index (κ3) is 11.3. The Hall–Kier alpha value is -1.56. The third-order valence-electron chi connectivity index (χ3n) is 4.20. The van der Waals surface area contributed by atoms with Crippen molar-refractivity contribution in [1.29, 1.82) is 0 Å². The van der Waals surface area contributed by atoms with Crippen LogP contribution in [0.1, 0.15) is 18.1 Å². The Morgan fingerprint density at radius 3 is 1.75 bits per heavy atom. The Labute approximate surface area is 199 Å². The van der Waals surface area contributed by atoms with E-state index in [1.54, 1.807) is 21.1 Å². The van der Waals surface area contributed by atoms with Gasteiger partial charge in [-0.15, -0.1) is 0 Å². The monoisotopic (exact) mass is 524 g/mol. The van der Waals surface area contributed by atoms with E-state index in [-0.39, 0.29) is 36.6 Å². The van der Waals surface area contributed by atoms with Gasteiger partial charge in [0.1, 0.15) is 13.6 Å². The molecule has 0 unspecified atom stereocenters. The maximum absolute atomic E-state index is 10.2. The highest BCUT2D eigenvalue weighted by molar-refractivity contribution is 9.09. The number of allylic oxidation sites excluding steroid dienone is 2. The van der Waals surface area contributed by atoms with Crippen LogP contribution in [-0.4, -0.2) is 84.0 Å². The molecule has 0 saturated carbocycles. The summed E-state index contributed by atoms with van der Waals surface area (Å²) in [5, 5.41) is 21.1. The summed E-state index contributed by atoms with van der Waals surface area (Å²) in [4.78, 5) is 0. The maximum Gasteiger partial charge on any atom is 0.207 e. The minimum absolute atomic E-state index is 0.00274. The molecular weight excluding hydrogens is 488 g/mol. The summed E-state index contributed by atoms with van der Waals surface area (Å²) in [6, 6.07) is 0. The van der Waals surface area contributed by atoms with Crippen LogP contribution in [0.5, 0.6) is 23.0 Å². The van der Waals surface area contributed by atoms with Gasteiger partial charge in [0, 0.05) is 30.7 Å².